The number of benzene rings is 1. The number of carbonyl (C=O) groups excluding carboxylic acids is 3. The Labute approximate surface area is 133 Å². The molecule has 0 unspecified atom stereocenters. The van der Waals surface area contributed by atoms with Crippen molar-refractivity contribution in [3.63, 3.8) is 0 Å². The van der Waals surface area contributed by atoms with Crippen molar-refractivity contribution in [2.45, 2.75) is 13.8 Å². The van der Waals surface area contributed by atoms with Gasteiger partial charge in [0.1, 0.15) is 0 Å². The molecule has 0 spiro atoms. The maximum absolute atomic E-state index is 11.7. The number of anilines is 1. The average molecular weight is 326 g/mol. The molecule has 6 nitrogen and oxygen atoms in total. The molecule has 0 atom stereocenters. The molecule has 118 valence electrons. The van der Waals surface area contributed by atoms with Crippen LogP contribution >= 0.6 is 11.6 Å². The second-order valence-electron chi connectivity index (χ2n) is 4.15. The molecule has 0 aliphatic heterocycles. The summed E-state index contributed by atoms with van der Waals surface area (Å²) >= 11 is 5.93. The Morgan fingerprint density at radius 1 is 1.18 bits per heavy atom. The van der Waals surface area contributed by atoms with Crippen LogP contribution in [-0.2, 0) is 23.9 Å². The van der Waals surface area contributed by atoms with E-state index in [0.717, 1.165) is 12.2 Å². The predicted molar refractivity (Wildman–Crippen MR) is 81.6 cm³/mol. The molecule has 1 aromatic carbocycles. The van der Waals surface area contributed by atoms with E-state index in [1.54, 1.807) is 32.0 Å². The highest BCUT2D eigenvalue weighted by atomic mass is 35.5. The Hall–Kier alpha value is -2.34. The van der Waals surface area contributed by atoms with E-state index in [1.807, 2.05) is 0 Å². The normalized spacial score (nSPS) is 10.3. The largest absolute Gasteiger partial charge is 0.463 e. The smallest absolute Gasteiger partial charge is 0.331 e. The minimum absolute atomic E-state index is 0.208. The maximum atomic E-state index is 11.7. The summed E-state index contributed by atoms with van der Waals surface area (Å²) in [6.07, 6.45) is 1.83. The van der Waals surface area contributed by atoms with Crippen LogP contribution in [0.5, 0.6) is 0 Å². The number of ether oxygens (including phenoxy) is 2. The molecule has 0 aliphatic rings. The number of halogens is 1. The second-order valence-corrected chi connectivity index (χ2v) is 4.56. The number of esters is 2. The summed E-state index contributed by atoms with van der Waals surface area (Å²) in [7, 11) is 0. The molecule has 1 aromatic rings. The van der Waals surface area contributed by atoms with Gasteiger partial charge in [0.2, 0.25) is 0 Å². The molecule has 0 aliphatic carbocycles. The maximum Gasteiger partial charge on any atom is 0.331 e. The van der Waals surface area contributed by atoms with Gasteiger partial charge in [-0.15, -0.1) is 0 Å². The lowest BCUT2D eigenvalue weighted by molar-refractivity contribution is -0.143. The summed E-state index contributed by atoms with van der Waals surface area (Å²) in [6.45, 7) is 3.13. The summed E-state index contributed by atoms with van der Waals surface area (Å²) in [5, 5.41) is 3.10. The molecule has 0 radical (unpaired) electrons. The van der Waals surface area contributed by atoms with E-state index in [1.165, 1.54) is 0 Å². The zero-order valence-electron chi connectivity index (χ0n) is 12.2. The first-order chi connectivity index (χ1) is 10.4. The number of nitrogens with one attached hydrogen (secondary N) is 1. The molecule has 1 amide bonds. The third-order valence-corrected chi connectivity index (χ3v) is 2.94. The number of hydrogen-bond acceptors (Lipinski definition) is 5. The molecule has 7 heteroatoms. The lowest BCUT2D eigenvalue weighted by Crippen LogP contribution is -2.20. The fourth-order valence-corrected chi connectivity index (χ4v) is 1.61. The SMILES string of the molecule is CCOC(=O)C=CC(=O)OCC(=O)Nc1cccc(Cl)c1C. The molecule has 0 bridgehead atoms. The van der Waals surface area contributed by atoms with Crippen LogP contribution in [-0.4, -0.2) is 31.1 Å². The molecular weight excluding hydrogens is 310 g/mol. The third-order valence-electron chi connectivity index (χ3n) is 2.53. The topological polar surface area (TPSA) is 81.7 Å². The fraction of sp³-hybridized carbons (Fsp3) is 0.267. The van der Waals surface area contributed by atoms with Crippen molar-refractivity contribution in [1.82, 2.24) is 0 Å². The van der Waals surface area contributed by atoms with E-state index in [0.29, 0.717) is 16.3 Å². The Kier molecular flexibility index (Phi) is 7.12. The van der Waals surface area contributed by atoms with Gasteiger partial charge in [-0.2, -0.15) is 0 Å². The minimum atomic E-state index is -0.814. The molecule has 0 fully saturated rings. The Morgan fingerprint density at radius 2 is 1.82 bits per heavy atom. The first-order valence-electron chi connectivity index (χ1n) is 6.50. The first-order valence-corrected chi connectivity index (χ1v) is 6.88. The molecule has 0 heterocycles. The summed E-state index contributed by atoms with van der Waals surface area (Å²) in [5.41, 5.74) is 1.25. The predicted octanol–water partition coefficient (Wildman–Crippen LogP) is 2.25. The summed E-state index contributed by atoms with van der Waals surface area (Å²) in [4.78, 5) is 34.0. The molecule has 0 saturated carbocycles. The van der Waals surface area contributed by atoms with Gasteiger partial charge in [-0.1, -0.05) is 17.7 Å². The van der Waals surface area contributed by atoms with Crippen LogP contribution in [0.1, 0.15) is 12.5 Å². The molecule has 22 heavy (non-hydrogen) atoms. The van der Waals surface area contributed by atoms with Gasteiger partial charge in [0, 0.05) is 22.9 Å². The van der Waals surface area contributed by atoms with E-state index in [2.05, 4.69) is 10.1 Å². The van der Waals surface area contributed by atoms with Gasteiger partial charge in [0.05, 0.1) is 6.61 Å². The van der Waals surface area contributed by atoms with Crippen LogP contribution in [0.2, 0.25) is 5.02 Å². The van der Waals surface area contributed by atoms with Crippen molar-refractivity contribution in [3.05, 3.63) is 40.9 Å². The van der Waals surface area contributed by atoms with Crippen LogP contribution in [0.4, 0.5) is 5.69 Å². The van der Waals surface area contributed by atoms with Crippen LogP contribution in [0, 0.1) is 6.92 Å². The van der Waals surface area contributed by atoms with Crippen molar-refractivity contribution in [3.8, 4) is 0 Å². The lowest BCUT2D eigenvalue weighted by Gasteiger charge is -2.09. The van der Waals surface area contributed by atoms with Crippen molar-refractivity contribution >= 4 is 35.1 Å². The number of carbonyl (C=O) groups is 3. The quantitative estimate of drug-likeness (QED) is 0.641. The lowest BCUT2D eigenvalue weighted by atomic mass is 10.2. The van der Waals surface area contributed by atoms with Crippen LogP contribution in [0.3, 0.4) is 0 Å². The van der Waals surface area contributed by atoms with E-state index in [9.17, 15) is 14.4 Å². The van der Waals surface area contributed by atoms with Crippen molar-refractivity contribution in [1.29, 1.82) is 0 Å². The van der Waals surface area contributed by atoms with Crippen molar-refractivity contribution < 1.29 is 23.9 Å². The Morgan fingerprint density at radius 3 is 2.45 bits per heavy atom. The molecule has 1 N–H and O–H groups in total. The first kappa shape index (κ1) is 17.7. The summed E-state index contributed by atoms with van der Waals surface area (Å²) < 4.78 is 9.29. The number of rotatable bonds is 6. The van der Waals surface area contributed by atoms with E-state index >= 15 is 0 Å². The molecule has 0 saturated heterocycles. The zero-order chi connectivity index (χ0) is 16.5. The standard InChI is InChI=1S/C15H16ClNO5/c1-3-21-14(19)7-8-15(20)22-9-13(18)17-12-6-4-5-11(16)10(12)2/h4-8H,3,9H2,1-2H3,(H,17,18). The third kappa shape index (κ3) is 5.97. The Bertz CT molecular complexity index is 598. The average Bonchev–Trinajstić information content (AvgIpc) is 2.48. The molecule has 1 rings (SSSR count). The van der Waals surface area contributed by atoms with Crippen molar-refractivity contribution in [2.75, 3.05) is 18.5 Å². The van der Waals surface area contributed by atoms with E-state index < -0.39 is 24.5 Å². The fourth-order valence-electron chi connectivity index (χ4n) is 1.44. The highest BCUT2D eigenvalue weighted by molar-refractivity contribution is 6.31. The monoisotopic (exact) mass is 325 g/mol. The van der Waals surface area contributed by atoms with E-state index in [-0.39, 0.29) is 6.61 Å². The highest BCUT2D eigenvalue weighted by Gasteiger charge is 2.09. The van der Waals surface area contributed by atoms with Gasteiger partial charge in [-0.05, 0) is 31.5 Å². The number of amides is 1. The zero-order valence-corrected chi connectivity index (χ0v) is 13.0. The summed E-state index contributed by atoms with van der Waals surface area (Å²) in [6, 6.07) is 5.08. The second kappa shape index (κ2) is 8.84. The van der Waals surface area contributed by atoms with Gasteiger partial charge in [-0.25, -0.2) is 9.59 Å². The van der Waals surface area contributed by atoms with Gasteiger partial charge in [-0.3, -0.25) is 4.79 Å². The van der Waals surface area contributed by atoms with Gasteiger partial charge in [0.25, 0.3) is 5.91 Å². The Balaban J connectivity index is 2.44. The molecule has 0 aromatic heterocycles. The minimum Gasteiger partial charge on any atom is -0.463 e. The highest BCUT2D eigenvalue weighted by Crippen LogP contribution is 2.22. The van der Waals surface area contributed by atoms with Crippen molar-refractivity contribution in [2.24, 2.45) is 0 Å². The molecular formula is C15H16ClNO5. The van der Waals surface area contributed by atoms with Crippen LogP contribution in [0.25, 0.3) is 0 Å². The van der Waals surface area contributed by atoms with Crippen LogP contribution < -0.4 is 5.32 Å². The summed E-state index contributed by atoms with van der Waals surface area (Å²) in [5.74, 6) is -1.98. The van der Waals surface area contributed by atoms with E-state index in [4.69, 9.17) is 16.3 Å². The van der Waals surface area contributed by atoms with Gasteiger partial charge < -0.3 is 14.8 Å². The van der Waals surface area contributed by atoms with Crippen LogP contribution in [0.15, 0.2) is 30.4 Å². The van der Waals surface area contributed by atoms with Gasteiger partial charge >= 0.3 is 11.9 Å². The number of hydrogen-bond donors (Lipinski definition) is 1. The van der Waals surface area contributed by atoms with Gasteiger partial charge in [0.15, 0.2) is 6.61 Å².